The summed E-state index contributed by atoms with van der Waals surface area (Å²) >= 11 is 0. The maximum absolute atomic E-state index is 13.4. The summed E-state index contributed by atoms with van der Waals surface area (Å²) in [6, 6.07) is 12.9. The van der Waals surface area contributed by atoms with Crippen molar-refractivity contribution in [1.29, 1.82) is 0 Å². The lowest BCUT2D eigenvalue weighted by atomic mass is 10.0. The van der Waals surface area contributed by atoms with Gasteiger partial charge >= 0.3 is 6.18 Å². The summed E-state index contributed by atoms with van der Waals surface area (Å²) in [5, 5.41) is 3.29. The van der Waals surface area contributed by atoms with Crippen LogP contribution in [0.1, 0.15) is 29.7 Å². The molecule has 3 rings (SSSR count). The van der Waals surface area contributed by atoms with Gasteiger partial charge in [0, 0.05) is 24.3 Å². The Morgan fingerprint density at radius 1 is 1.07 bits per heavy atom. The largest absolute Gasteiger partial charge is 0.481 e. The Balaban J connectivity index is 1.80. The first-order valence-corrected chi connectivity index (χ1v) is 8.97. The quantitative estimate of drug-likeness (QED) is 0.530. The highest BCUT2D eigenvalue weighted by Crippen LogP contribution is 2.33. The van der Waals surface area contributed by atoms with E-state index in [1.165, 1.54) is 31.4 Å². The molecule has 0 amide bonds. The molecule has 1 atom stereocenters. The fourth-order valence-electron chi connectivity index (χ4n) is 2.97. The number of alkyl halides is 3. The van der Waals surface area contributed by atoms with Crippen LogP contribution >= 0.6 is 0 Å². The van der Waals surface area contributed by atoms with Gasteiger partial charge in [-0.2, -0.15) is 13.2 Å². The van der Waals surface area contributed by atoms with E-state index in [2.05, 4.69) is 10.3 Å². The Bertz CT molecular complexity index is 971. The molecule has 3 nitrogen and oxygen atoms in total. The van der Waals surface area contributed by atoms with Crippen molar-refractivity contribution >= 4 is 0 Å². The van der Waals surface area contributed by atoms with E-state index in [9.17, 15) is 17.6 Å². The third-order valence-corrected chi connectivity index (χ3v) is 4.59. The van der Waals surface area contributed by atoms with Crippen molar-refractivity contribution < 1.29 is 22.3 Å². The highest BCUT2D eigenvalue weighted by atomic mass is 19.4. The molecule has 2 aromatic carbocycles. The molecule has 1 heterocycles. The van der Waals surface area contributed by atoms with Crippen molar-refractivity contribution in [1.82, 2.24) is 10.3 Å². The second kappa shape index (κ2) is 8.61. The first kappa shape index (κ1) is 20.8. The maximum atomic E-state index is 13.4. The molecular formula is C22H20F4N2O. The standard InChI is InChI=1S/C22H20F4N2O/c1-14(17-4-3-5-19(23)11-17)27-12-15-10-20(21(29-2)28-13-15)16-6-8-18(9-7-16)22(24,25)26/h3-11,13-14,27H,12H2,1-2H3/t14-/m1/s1. The monoisotopic (exact) mass is 404 g/mol. The lowest BCUT2D eigenvalue weighted by molar-refractivity contribution is -0.137. The van der Waals surface area contributed by atoms with Crippen LogP contribution in [-0.4, -0.2) is 12.1 Å². The van der Waals surface area contributed by atoms with E-state index >= 15 is 0 Å². The van der Waals surface area contributed by atoms with Crippen LogP contribution in [0.4, 0.5) is 17.6 Å². The van der Waals surface area contributed by atoms with Crippen molar-refractivity contribution in [3.63, 3.8) is 0 Å². The van der Waals surface area contributed by atoms with Crippen LogP contribution < -0.4 is 10.1 Å². The number of nitrogens with one attached hydrogen (secondary N) is 1. The molecule has 0 saturated carbocycles. The summed E-state index contributed by atoms with van der Waals surface area (Å²) in [6.07, 6.45) is -2.75. The Kier molecular flexibility index (Phi) is 6.17. The molecule has 0 aliphatic carbocycles. The van der Waals surface area contributed by atoms with Gasteiger partial charge in [-0.05, 0) is 53.9 Å². The number of hydrogen-bond donors (Lipinski definition) is 1. The molecule has 0 radical (unpaired) electrons. The zero-order valence-electron chi connectivity index (χ0n) is 15.9. The maximum Gasteiger partial charge on any atom is 0.416 e. The Morgan fingerprint density at radius 2 is 1.79 bits per heavy atom. The normalized spacial score (nSPS) is 12.6. The minimum Gasteiger partial charge on any atom is -0.481 e. The number of pyridine rings is 1. The average molecular weight is 404 g/mol. The van der Waals surface area contributed by atoms with Crippen molar-refractivity contribution in [2.45, 2.75) is 25.7 Å². The molecule has 1 aromatic heterocycles. The van der Waals surface area contributed by atoms with Gasteiger partial charge < -0.3 is 10.1 Å². The predicted molar refractivity (Wildman–Crippen MR) is 103 cm³/mol. The van der Waals surface area contributed by atoms with Crippen LogP contribution in [0, 0.1) is 5.82 Å². The van der Waals surface area contributed by atoms with Gasteiger partial charge in [0.05, 0.1) is 12.7 Å². The lowest BCUT2D eigenvalue weighted by Crippen LogP contribution is -2.18. The molecule has 3 aromatic rings. The summed E-state index contributed by atoms with van der Waals surface area (Å²) in [7, 11) is 1.46. The minimum absolute atomic E-state index is 0.0951. The number of ether oxygens (including phenoxy) is 1. The van der Waals surface area contributed by atoms with Crippen LogP contribution in [0.5, 0.6) is 5.88 Å². The summed E-state index contributed by atoms with van der Waals surface area (Å²) in [6.45, 7) is 2.37. The van der Waals surface area contributed by atoms with Crippen LogP contribution in [0.25, 0.3) is 11.1 Å². The highest BCUT2D eigenvalue weighted by Gasteiger charge is 2.30. The topological polar surface area (TPSA) is 34.1 Å². The molecule has 1 N–H and O–H groups in total. The minimum atomic E-state index is -4.39. The lowest BCUT2D eigenvalue weighted by Gasteiger charge is -2.16. The van der Waals surface area contributed by atoms with Crippen LogP contribution in [0.3, 0.4) is 0 Å². The number of benzene rings is 2. The van der Waals surface area contributed by atoms with Crippen LogP contribution in [0.15, 0.2) is 60.8 Å². The Labute approximate surface area is 166 Å². The third kappa shape index (κ3) is 5.12. The van der Waals surface area contributed by atoms with Gasteiger partial charge in [-0.1, -0.05) is 24.3 Å². The van der Waals surface area contributed by atoms with E-state index in [1.807, 2.05) is 19.1 Å². The molecule has 0 bridgehead atoms. The van der Waals surface area contributed by atoms with Gasteiger partial charge in [0.2, 0.25) is 5.88 Å². The van der Waals surface area contributed by atoms with Gasteiger partial charge in [0.25, 0.3) is 0 Å². The Morgan fingerprint density at radius 3 is 2.41 bits per heavy atom. The molecule has 0 saturated heterocycles. The number of nitrogens with zero attached hydrogens (tertiary/aromatic N) is 1. The zero-order valence-corrected chi connectivity index (χ0v) is 15.9. The number of hydrogen-bond acceptors (Lipinski definition) is 3. The SMILES string of the molecule is COc1ncc(CN[C@H](C)c2cccc(F)c2)cc1-c1ccc(C(F)(F)F)cc1. The van der Waals surface area contributed by atoms with E-state index in [4.69, 9.17) is 4.74 Å². The van der Waals surface area contributed by atoms with Crippen molar-refractivity contribution in [3.05, 3.63) is 83.3 Å². The fraction of sp³-hybridized carbons (Fsp3) is 0.227. The van der Waals surface area contributed by atoms with Gasteiger partial charge in [-0.3, -0.25) is 0 Å². The van der Waals surface area contributed by atoms with E-state index < -0.39 is 11.7 Å². The molecule has 29 heavy (non-hydrogen) atoms. The first-order valence-electron chi connectivity index (χ1n) is 8.97. The van der Waals surface area contributed by atoms with Gasteiger partial charge in [-0.15, -0.1) is 0 Å². The van der Waals surface area contributed by atoms with Crippen LogP contribution in [0.2, 0.25) is 0 Å². The predicted octanol–water partition coefficient (Wildman–Crippen LogP) is 5.77. The van der Waals surface area contributed by atoms with Gasteiger partial charge in [0.15, 0.2) is 0 Å². The molecule has 0 aliphatic rings. The molecule has 0 spiro atoms. The second-order valence-electron chi connectivity index (χ2n) is 6.63. The van der Waals surface area contributed by atoms with E-state index in [0.29, 0.717) is 23.6 Å². The summed E-state index contributed by atoms with van der Waals surface area (Å²) in [5.74, 6) is 0.0264. The van der Waals surface area contributed by atoms with E-state index in [1.54, 1.807) is 12.3 Å². The molecule has 7 heteroatoms. The van der Waals surface area contributed by atoms with E-state index in [0.717, 1.165) is 23.3 Å². The summed E-state index contributed by atoms with van der Waals surface area (Å²) < 4.78 is 57.1. The zero-order chi connectivity index (χ0) is 21.0. The molecular weight excluding hydrogens is 384 g/mol. The van der Waals surface area contributed by atoms with Crippen molar-refractivity contribution in [2.24, 2.45) is 0 Å². The smallest absolute Gasteiger partial charge is 0.416 e. The van der Waals surface area contributed by atoms with Gasteiger partial charge in [-0.25, -0.2) is 9.37 Å². The van der Waals surface area contributed by atoms with E-state index in [-0.39, 0.29) is 11.9 Å². The summed E-state index contributed by atoms with van der Waals surface area (Å²) in [5.41, 5.74) is 2.09. The first-order chi connectivity index (χ1) is 13.8. The van der Waals surface area contributed by atoms with Crippen LogP contribution in [-0.2, 0) is 12.7 Å². The number of rotatable bonds is 6. The third-order valence-electron chi connectivity index (χ3n) is 4.59. The average Bonchev–Trinajstić information content (AvgIpc) is 2.71. The summed E-state index contributed by atoms with van der Waals surface area (Å²) in [4.78, 5) is 4.27. The molecule has 0 aliphatic heterocycles. The Hall–Kier alpha value is -2.93. The molecule has 0 unspecified atom stereocenters. The fourth-order valence-corrected chi connectivity index (χ4v) is 2.97. The number of halogens is 4. The molecule has 152 valence electrons. The van der Waals surface area contributed by atoms with Crippen molar-refractivity contribution in [3.8, 4) is 17.0 Å². The molecule has 0 fully saturated rings. The number of methoxy groups -OCH3 is 1. The second-order valence-corrected chi connectivity index (χ2v) is 6.63. The van der Waals surface area contributed by atoms with Crippen molar-refractivity contribution in [2.75, 3.05) is 7.11 Å². The number of aromatic nitrogens is 1. The van der Waals surface area contributed by atoms with Gasteiger partial charge in [0.1, 0.15) is 5.82 Å². The highest BCUT2D eigenvalue weighted by molar-refractivity contribution is 5.69.